The van der Waals surface area contributed by atoms with E-state index in [1.165, 1.54) is 12.1 Å². The number of benzene rings is 2. The lowest BCUT2D eigenvalue weighted by atomic mass is 9.80. The predicted molar refractivity (Wildman–Crippen MR) is 141 cm³/mol. The van der Waals surface area contributed by atoms with Crippen molar-refractivity contribution in [1.29, 1.82) is 0 Å². The molecule has 2 aromatic carbocycles. The van der Waals surface area contributed by atoms with Crippen LogP contribution in [-0.2, 0) is 0 Å². The average Bonchev–Trinajstić information content (AvgIpc) is 2.88. The van der Waals surface area contributed by atoms with E-state index in [1.54, 1.807) is 20.4 Å². The lowest BCUT2D eigenvalue weighted by Gasteiger charge is -2.25. The van der Waals surface area contributed by atoms with E-state index in [2.05, 4.69) is 43.5 Å². The van der Waals surface area contributed by atoms with Crippen molar-refractivity contribution in [2.45, 2.75) is 52.4 Å². The molecule has 2 atom stereocenters. The van der Waals surface area contributed by atoms with E-state index < -0.39 is 15.5 Å². The van der Waals surface area contributed by atoms with Crippen LogP contribution in [0, 0.1) is 25.6 Å². The molecule has 0 saturated heterocycles. The highest BCUT2D eigenvalue weighted by molar-refractivity contribution is 5.67. The molecule has 0 amide bonds. The van der Waals surface area contributed by atoms with Gasteiger partial charge in [-0.3, -0.25) is 25.7 Å². The van der Waals surface area contributed by atoms with Gasteiger partial charge in [-0.05, 0) is 47.9 Å². The highest BCUT2D eigenvalue weighted by atomic mass is 16.6. The number of non-ortho nitro benzene ring substituents is 1. The van der Waals surface area contributed by atoms with Crippen LogP contribution in [-0.4, -0.2) is 30.3 Å². The van der Waals surface area contributed by atoms with E-state index in [0.717, 1.165) is 30.9 Å². The summed E-state index contributed by atoms with van der Waals surface area (Å²) in [5, 5.41) is 26.4. The number of methoxy groups -OCH3 is 2. The third kappa shape index (κ3) is 7.79. The Labute approximate surface area is 211 Å². The summed E-state index contributed by atoms with van der Waals surface area (Å²) in [7, 11) is 3.22. The molecule has 0 bridgehead atoms. The number of hydrogen-bond donors (Lipinski definition) is 1. The van der Waals surface area contributed by atoms with E-state index in [-0.39, 0.29) is 22.7 Å². The van der Waals surface area contributed by atoms with E-state index >= 15 is 0 Å². The molecule has 0 aliphatic rings. The minimum absolute atomic E-state index is 0.0923. The summed E-state index contributed by atoms with van der Waals surface area (Å²) in [6.45, 7) is 6.40. The highest BCUT2D eigenvalue weighted by Crippen LogP contribution is 2.34. The first kappa shape index (κ1) is 28.3. The highest BCUT2D eigenvalue weighted by Gasteiger charge is 2.21. The molecule has 194 valence electrons. The number of nitro groups is 2. The summed E-state index contributed by atoms with van der Waals surface area (Å²) in [5.41, 5.74) is 2.92. The lowest BCUT2D eigenvalue weighted by molar-refractivity contribution is -0.393. The number of hydrazone groups is 1. The second-order valence-electron chi connectivity index (χ2n) is 8.86. The molecule has 0 heterocycles. The molecular formula is C26H34N4O6. The van der Waals surface area contributed by atoms with Crippen molar-refractivity contribution in [1.82, 2.24) is 0 Å². The Morgan fingerprint density at radius 2 is 1.81 bits per heavy atom. The van der Waals surface area contributed by atoms with E-state index in [9.17, 15) is 20.2 Å². The number of nitro benzene ring substituents is 2. The Bertz CT molecular complexity index is 1120. The number of ether oxygens (including phenoxy) is 2. The van der Waals surface area contributed by atoms with Gasteiger partial charge in [0.25, 0.3) is 5.69 Å². The molecule has 0 radical (unpaired) electrons. The van der Waals surface area contributed by atoms with Gasteiger partial charge < -0.3 is 9.47 Å². The minimum atomic E-state index is -0.672. The fourth-order valence-electron chi connectivity index (χ4n) is 3.71. The van der Waals surface area contributed by atoms with Crippen molar-refractivity contribution >= 4 is 23.3 Å². The third-order valence-corrected chi connectivity index (χ3v) is 6.04. The molecule has 1 N–H and O–H groups in total. The molecule has 2 rings (SSSR count). The molecule has 10 heteroatoms. The summed E-state index contributed by atoms with van der Waals surface area (Å²) in [6, 6.07) is 9.29. The Morgan fingerprint density at radius 1 is 1.08 bits per heavy atom. The number of allylic oxidation sites excluding steroid dienone is 2. The summed E-state index contributed by atoms with van der Waals surface area (Å²) >= 11 is 0. The zero-order valence-electron chi connectivity index (χ0n) is 21.4. The number of unbranched alkanes of at least 4 members (excludes halogenated alkanes) is 1. The van der Waals surface area contributed by atoms with E-state index in [4.69, 9.17) is 9.47 Å². The number of anilines is 1. The van der Waals surface area contributed by atoms with Gasteiger partial charge in [0.15, 0.2) is 11.5 Å². The van der Waals surface area contributed by atoms with Gasteiger partial charge in [-0.15, -0.1) is 0 Å². The first-order valence-corrected chi connectivity index (χ1v) is 11.8. The van der Waals surface area contributed by atoms with Crippen LogP contribution < -0.4 is 14.9 Å². The van der Waals surface area contributed by atoms with Crippen LogP contribution in [0.2, 0.25) is 0 Å². The molecule has 36 heavy (non-hydrogen) atoms. The predicted octanol–water partition coefficient (Wildman–Crippen LogP) is 6.86. The van der Waals surface area contributed by atoms with Crippen LogP contribution in [0.4, 0.5) is 17.1 Å². The lowest BCUT2D eigenvalue weighted by Crippen LogP contribution is -2.14. The largest absolute Gasteiger partial charge is 0.493 e. The molecule has 10 nitrogen and oxygen atoms in total. The van der Waals surface area contributed by atoms with Crippen LogP contribution in [0.15, 0.2) is 53.7 Å². The number of rotatable bonds is 14. The maximum absolute atomic E-state index is 11.3. The molecular weight excluding hydrogens is 464 g/mol. The van der Waals surface area contributed by atoms with Crippen molar-refractivity contribution in [3.05, 3.63) is 74.3 Å². The number of hydrogen-bond acceptors (Lipinski definition) is 8. The summed E-state index contributed by atoms with van der Waals surface area (Å²) in [6.07, 6.45) is 9.70. The standard InChI is InChI=1S/C26H34N4O6/c1-6-7-13-26(3,14-12-19(2)20-8-11-24(35-4)25(17-20)36-5)15-16-27-28-22-10-9-21(29(31)32)18-23(22)30(33)34/h8-12,14,16-19,28H,6-7,13,15H2,1-5H3/b14-12+,27-16+/t19-,26+/m1/s1. The van der Waals surface area contributed by atoms with Crippen molar-refractivity contribution in [3.63, 3.8) is 0 Å². The van der Waals surface area contributed by atoms with Gasteiger partial charge in [0.2, 0.25) is 0 Å². The molecule has 0 saturated carbocycles. The van der Waals surface area contributed by atoms with Gasteiger partial charge in [0.05, 0.1) is 30.1 Å². The maximum Gasteiger partial charge on any atom is 0.301 e. The van der Waals surface area contributed by atoms with Crippen LogP contribution in [0.1, 0.15) is 57.9 Å². The zero-order valence-corrected chi connectivity index (χ0v) is 21.4. The summed E-state index contributed by atoms with van der Waals surface area (Å²) < 4.78 is 10.7. The van der Waals surface area contributed by atoms with Crippen molar-refractivity contribution in [2.75, 3.05) is 19.6 Å². The van der Waals surface area contributed by atoms with Crippen molar-refractivity contribution < 1.29 is 19.3 Å². The van der Waals surface area contributed by atoms with E-state index in [0.29, 0.717) is 17.9 Å². The third-order valence-electron chi connectivity index (χ3n) is 6.04. The Kier molecular flexibility index (Phi) is 10.4. The van der Waals surface area contributed by atoms with Gasteiger partial charge in [-0.1, -0.05) is 51.8 Å². The maximum atomic E-state index is 11.3. The topological polar surface area (TPSA) is 129 Å². The van der Waals surface area contributed by atoms with Gasteiger partial charge in [0, 0.05) is 12.3 Å². The molecule has 0 fully saturated rings. The average molecular weight is 499 g/mol. The number of nitrogens with one attached hydrogen (secondary N) is 1. The van der Waals surface area contributed by atoms with Gasteiger partial charge in [-0.2, -0.15) is 5.10 Å². The SMILES string of the molecule is CCCC[C@@](C)(/C=C/[C@@H](C)c1ccc(OC)c(OC)c1)C/C=N/Nc1ccc([N+](=O)[O-])cc1[N+](=O)[O-]. The normalized spacial score (nSPS) is 13.9. The molecule has 0 aromatic heterocycles. The van der Waals surface area contributed by atoms with Crippen LogP contribution >= 0.6 is 0 Å². The fourth-order valence-corrected chi connectivity index (χ4v) is 3.71. The molecule has 0 aliphatic heterocycles. The van der Waals surface area contributed by atoms with Crippen molar-refractivity contribution in [3.8, 4) is 11.5 Å². The van der Waals surface area contributed by atoms with Crippen LogP contribution in [0.5, 0.6) is 11.5 Å². The fraction of sp³-hybridized carbons (Fsp3) is 0.423. The summed E-state index contributed by atoms with van der Waals surface area (Å²) in [4.78, 5) is 20.9. The molecule has 0 aliphatic carbocycles. The first-order chi connectivity index (χ1) is 17.1. The number of nitrogens with zero attached hydrogens (tertiary/aromatic N) is 3. The summed E-state index contributed by atoms with van der Waals surface area (Å²) in [5.74, 6) is 1.51. The smallest absolute Gasteiger partial charge is 0.301 e. The van der Waals surface area contributed by atoms with E-state index in [1.807, 2.05) is 18.2 Å². The van der Waals surface area contributed by atoms with Gasteiger partial charge in [0.1, 0.15) is 5.69 Å². The van der Waals surface area contributed by atoms with Crippen LogP contribution in [0.25, 0.3) is 0 Å². The van der Waals surface area contributed by atoms with Gasteiger partial charge >= 0.3 is 5.69 Å². The quantitative estimate of drug-likeness (QED) is 0.130. The second kappa shape index (κ2) is 13.2. The molecule has 0 unspecified atom stereocenters. The van der Waals surface area contributed by atoms with Crippen molar-refractivity contribution in [2.24, 2.45) is 10.5 Å². The minimum Gasteiger partial charge on any atom is -0.493 e. The molecule has 2 aromatic rings. The van der Waals surface area contributed by atoms with Gasteiger partial charge in [-0.25, -0.2) is 0 Å². The monoisotopic (exact) mass is 498 g/mol. The Morgan fingerprint density at radius 3 is 2.42 bits per heavy atom. The second-order valence-corrected chi connectivity index (χ2v) is 8.86. The zero-order chi connectivity index (χ0) is 26.7. The Balaban J connectivity index is 2.15. The Hall–Kier alpha value is -3.95. The van der Waals surface area contributed by atoms with Crippen LogP contribution in [0.3, 0.4) is 0 Å². The first-order valence-electron chi connectivity index (χ1n) is 11.8. The molecule has 0 spiro atoms.